The van der Waals surface area contributed by atoms with Crippen molar-refractivity contribution in [2.75, 3.05) is 13.2 Å². The SMILES string of the molecule is CCc1c(C)c(C)nc2cc3c(cc12)OCCO3. The maximum atomic E-state index is 5.65. The molecule has 0 unspecified atom stereocenters. The Morgan fingerprint density at radius 2 is 1.78 bits per heavy atom. The van der Waals surface area contributed by atoms with Crippen LogP contribution in [-0.2, 0) is 6.42 Å². The van der Waals surface area contributed by atoms with Gasteiger partial charge < -0.3 is 9.47 Å². The summed E-state index contributed by atoms with van der Waals surface area (Å²) in [4.78, 5) is 4.66. The van der Waals surface area contributed by atoms with Crippen LogP contribution in [0.2, 0.25) is 0 Å². The van der Waals surface area contributed by atoms with Gasteiger partial charge in [0.15, 0.2) is 11.5 Å². The Morgan fingerprint density at radius 3 is 2.44 bits per heavy atom. The highest BCUT2D eigenvalue weighted by Gasteiger charge is 2.16. The second kappa shape index (κ2) is 4.16. The van der Waals surface area contributed by atoms with Crippen LogP contribution in [0.1, 0.15) is 23.7 Å². The Kier molecular flexibility index (Phi) is 2.62. The van der Waals surface area contributed by atoms with Gasteiger partial charge in [0, 0.05) is 17.1 Å². The smallest absolute Gasteiger partial charge is 0.163 e. The number of aromatic nitrogens is 1. The van der Waals surface area contributed by atoms with E-state index in [2.05, 4.69) is 31.8 Å². The maximum absolute atomic E-state index is 5.65. The van der Waals surface area contributed by atoms with Crippen molar-refractivity contribution in [1.82, 2.24) is 4.98 Å². The summed E-state index contributed by atoms with van der Waals surface area (Å²) in [5, 5.41) is 1.19. The van der Waals surface area contributed by atoms with Gasteiger partial charge in [0.05, 0.1) is 5.52 Å². The van der Waals surface area contributed by atoms with Crippen molar-refractivity contribution < 1.29 is 9.47 Å². The summed E-state index contributed by atoms with van der Waals surface area (Å²) in [6.45, 7) is 7.61. The molecule has 0 radical (unpaired) electrons. The van der Waals surface area contributed by atoms with Crippen LogP contribution in [0.5, 0.6) is 11.5 Å². The standard InChI is InChI=1S/C15H17NO2/c1-4-11-9(2)10(3)16-13-8-15-14(7-12(11)13)17-5-6-18-15/h7-8H,4-6H2,1-3H3. The number of benzene rings is 1. The van der Waals surface area contributed by atoms with Crippen molar-refractivity contribution in [3.05, 3.63) is 29.0 Å². The lowest BCUT2D eigenvalue weighted by atomic mass is 9.99. The predicted molar refractivity (Wildman–Crippen MR) is 71.6 cm³/mol. The quantitative estimate of drug-likeness (QED) is 0.770. The van der Waals surface area contributed by atoms with Gasteiger partial charge >= 0.3 is 0 Å². The van der Waals surface area contributed by atoms with E-state index in [1.807, 2.05) is 6.07 Å². The third kappa shape index (κ3) is 1.62. The summed E-state index contributed by atoms with van der Waals surface area (Å²) in [6.07, 6.45) is 1.01. The van der Waals surface area contributed by atoms with Gasteiger partial charge in [0.2, 0.25) is 0 Å². The van der Waals surface area contributed by atoms with Crippen molar-refractivity contribution >= 4 is 10.9 Å². The van der Waals surface area contributed by atoms with Crippen molar-refractivity contribution in [3.8, 4) is 11.5 Å². The molecule has 0 atom stereocenters. The Balaban J connectivity index is 2.33. The van der Waals surface area contributed by atoms with Crippen LogP contribution in [0.4, 0.5) is 0 Å². The molecule has 1 aliphatic heterocycles. The van der Waals surface area contributed by atoms with Crippen LogP contribution in [0.25, 0.3) is 10.9 Å². The zero-order valence-electron chi connectivity index (χ0n) is 11.0. The minimum absolute atomic E-state index is 0.615. The molecule has 2 heterocycles. The number of hydrogen-bond donors (Lipinski definition) is 0. The molecule has 1 aromatic carbocycles. The molecule has 1 aliphatic rings. The Morgan fingerprint density at radius 1 is 1.11 bits per heavy atom. The zero-order valence-corrected chi connectivity index (χ0v) is 11.0. The van der Waals surface area contributed by atoms with Crippen LogP contribution >= 0.6 is 0 Å². The van der Waals surface area contributed by atoms with Crippen LogP contribution in [0.15, 0.2) is 12.1 Å². The first-order chi connectivity index (χ1) is 8.70. The lowest BCUT2D eigenvalue weighted by molar-refractivity contribution is 0.172. The van der Waals surface area contributed by atoms with E-state index in [1.165, 1.54) is 16.5 Å². The number of fused-ring (bicyclic) bond motifs is 2. The summed E-state index contributed by atoms with van der Waals surface area (Å²) >= 11 is 0. The van der Waals surface area contributed by atoms with Crippen molar-refractivity contribution in [2.45, 2.75) is 27.2 Å². The number of nitrogens with zero attached hydrogens (tertiary/aromatic N) is 1. The predicted octanol–water partition coefficient (Wildman–Crippen LogP) is 3.19. The Labute approximate surface area is 107 Å². The normalized spacial score (nSPS) is 13.9. The molecule has 3 nitrogen and oxygen atoms in total. The molecule has 0 saturated carbocycles. The van der Waals surface area contributed by atoms with Gasteiger partial charge in [0.1, 0.15) is 13.2 Å². The average molecular weight is 243 g/mol. The van der Waals surface area contributed by atoms with Gasteiger partial charge in [0.25, 0.3) is 0 Å². The molecule has 18 heavy (non-hydrogen) atoms. The first-order valence-corrected chi connectivity index (χ1v) is 6.40. The molecule has 3 heteroatoms. The highest BCUT2D eigenvalue weighted by Crippen LogP contribution is 2.36. The summed E-state index contributed by atoms with van der Waals surface area (Å²) in [6, 6.07) is 4.07. The average Bonchev–Trinajstić information content (AvgIpc) is 2.38. The number of pyridine rings is 1. The third-order valence-corrected chi connectivity index (χ3v) is 3.62. The lowest BCUT2D eigenvalue weighted by Gasteiger charge is -2.20. The van der Waals surface area contributed by atoms with E-state index in [0.717, 1.165) is 29.1 Å². The van der Waals surface area contributed by atoms with E-state index in [9.17, 15) is 0 Å². The fraction of sp³-hybridized carbons (Fsp3) is 0.400. The summed E-state index contributed by atoms with van der Waals surface area (Å²) in [7, 11) is 0. The van der Waals surface area contributed by atoms with E-state index >= 15 is 0 Å². The second-order valence-electron chi connectivity index (χ2n) is 4.67. The zero-order chi connectivity index (χ0) is 12.7. The molecular formula is C15H17NO2. The summed E-state index contributed by atoms with van der Waals surface area (Å²) in [5.41, 5.74) is 4.73. The molecule has 0 saturated heterocycles. The first kappa shape index (κ1) is 11.3. The minimum atomic E-state index is 0.615. The lowest BCUT2D eigenvalue weighted by Crippen LogP contribution is -2.15. The number of rotatable bonds is 1. The molecule has 2 aromatic rings. The molecule has 0 fully saturated rings. The Hall–Kier alpha value is -1.77. The summed E-state index contributed by atoms with van der Waals surface area (Å²) in [5.74, 6) is 1.65. The van der Waals surface area contributed by atoms with Crippen molar-refractivity contribution in [1.29, 1.82) is 0 Å². The monoisotopic (exact) mass is 243 g/mol. The van der Waals surface area contributed by atoms with E-state index in [-0.39, 0.29) is 0 Å². The molecule has 94 valence electrons. The first-order valence-electron chi connectivity index (χ1n) is 6.40. The fourth-order valence-electron chi connectivity index (χ4n) is 2.55. The fourth-order valence-corrected chi connectivity index (χ4v) is 2.55. The molecular weight excluding hydrogens is 226 g/mol. The number of aryl methyl sites for hydroxylation is 2. The van der Waals surface area contributed by atoms with Gasteiger partial charge in [-0.25, -0.2) is 0 Å². The largest absolute Gasteiger partial charge is 0.486 e. The van der Waals surface area contributed by atoms with E-state index < -0.39 is 0 Å². The third-order valence-electron chi connectivity index (χ3n) is 3.62. The van der Waals surface area contributed by atoms with E-state index in [4.69, 9.17) is 9.47 Å². The highest BCUT2D eigenvalue weighted by atomic mass is 16.6. The maximum Gasteiger partial charge on any atom is 0.163 e. The molecule has 1 aromatic heterocycles. The molecule has 0 amide bonds. The molecule has 0 aliphatic carbocycles. The van der Waals surface area contributed by atoms with Crippen molar-refractivity contribution in [3.63, 3.8) is 0 Å². The molecule has 0 spiro atoms. The summed E-state index contributed by atoms with van der Waals surface area (Å²) < 4.78 is 11.3. The van der Waals surface area contributed by atoms with Gasteiger partial charge in [-0.15, -0.1) is 0 Å². The van der Waals surface area contributed by atoms with Crippen molar-refractivity contribution in [2.24, 2.45) is 0 Å². The van der Waals surface area contributed by atoms with Crippen LogP contribution < -0.4 is 9.47 Å². The second-order valence-corrected chi connectivity index (χ2v) is 4.67. The molecule has 0 N–H and O–H groups in total. The topological polar surface area (TPSA) is 31.4 Å². The van der Waals surface area contributed by atoms with Gasteiger partial charge in [-0.05, 0) is 37.5 Å². The van der Waals surface area contributed by atoms with Crippen LogP contribution in [-0.4, -0.2) is 18.2 Å². The van der Waals surface area contributed by atoms with Gasteiger partial charge in [-0.2, -0.15) is 0 Å². The van der Waals surface area contributed by atoms with Crippen LogP contribution in [0, 0.1) is 13.8 Å². The number of hydrogen-bond acceptors (Lipinski definition) is 3. The van der Waals surface area contributed by atoms with Gasteiger partial charge in [-0.3, -0.25) is 4.98 Å². The van der Waals surface area contributed by atoms with E-state index in [0.29, 0.717) is 13.2 Å². The highest BCUT2D eigenvalue weighted by molar-refractivity contribution is 5.87. The van der Waals surface area contributed by atoms with Crippen LogP contribution in [0.3, 0.4) is 0 Å². The van der Waals surface area contributed by atoms with E-state index in [1.54, 1.807) is 0 Å². The Bertz CT molecular complexity index is 620. The molecule has 0 bridgehead atoms. The number of ether oxygens (including phenoxy) is 2. The minimum Gasteiger partial charge on any atom is -0.486 e. The molecule has 3 rings (SSSR count). The van der Waals surface area contributed by atoms with Gasteiger partial charge in [-0.1, -0.05) is 6.92 Å².